The van der Waals surface area contributed by atoms with Crippen LogP contribution in [0.3, 0.4) is 0 Å². The molecule has 0 fully saturated rings. The zero-order valence-corrected chi connectivity index (χ0v) is 7.62. The van der Waals surface area contributed by atoms with E-state index < -0.39 is 0 Å². The van der Waals surface area contributed by atoms with Gasteiger partial charge in [0.1, 0.15) is 11.8 Å². The fourth-order valence-corrected chi connectivity index (χ4v) is 0.900. The van der Waals surface area contributed by atoms with E-state index in [1.54, 1.807) is 18.2 Å². The van der Waals surface area contributed by atoms with Crippen LogP contribution >= 0.6 is 11.6 Å². The molecule has 0 saturated heterocycles. The zero-order valence-electron chi connectivity index (χ0n) is 6.87. The fourth-order valence-electron chi connectivity index (χ4n) is 0.743. The molecule has 1 rings (SSSR count). The second kappa shape index (κ2) is 5.37. The highest BCUT2D eigenvalue weighted by Gasteiger charge is 1.94. The molecule has 1 aromatic heterocycles. The molecular formula is C8H9ClN2O2. The number of aromatic nitrogens is 1. The Kier molecular flexibility index (Phi) is 4.05. The number of carbonyl (C=O) groups excluding carboxylic acids is 1. The molecule has 70 valence electrons. The number of pyridine rings is 1. The van der Waals surface area contributed by atoms with E-state index in [9.17, 15) is 4.79 Å². The van der Waals surface area contributed by atoms with E-state index in [0.717, 1.165) is 0 Å². The van der Waals surface area contributed by atoms with Gasteiger partial charge in [-0.05, 0) is 6.07 Å². The Hall–Kier alpha value is -1.29. The van der Waals surface area contributed by atoms with Gasteiger partial charge in [0.25, 0.3) is 0 Å². The SMILES string of the molecule is O=CNCCOc1cccc(Cl)n1. The predicted octanol–water partition coefficient (Wildman–Crippen LogP) is 0.860. The number of rotatable bonds is 5. The zero-order chi connectivity index (χ0) is 9.52. The molecule has 4 nitrogen and oxygen atoms in total. The lowest BCUT2D eigenvalue weighted by atomic mass is 10.5. The first-order valence-electron chi connectivity index (χ1n) is 3.75. The quantitative estimate of drug-likeness (QED) is 0.436. The molecule has 0 saturated carbocycles. The number of hydrogen-bond donors (Lipinski definition) is 1. The van der Waals surface area contributed by atoms with Crippen molar-refractivity contribution in [1.29, 1.82) is 0 Å². The van der Waals surface area contributed by atoms with Gasteiger partial charge in [-0.3, -0.25) is 4.79 Å². The number of ether oxygens (including phenoxy) is 1. The predicted molar refractivity (Wildman–Crippen MR) is 48.8 cm³/mol. The number of amides is 1. The minimum atomic E-state index is 0.381. The molecule has 0 atom stereocenters. The lowest BCUT2D eigenvalue weighted by molar-refractivity contribution is -0.109. The monoisotopic (exact) mass is 200 g/mol. The molecule has 0 spiro atoms. The van der Waals surface area contributed by atoms with Crippen molar-refractivity contribution < 1.29 is 9.53 Å². The molecule has 1 amide bonds. The maximum absolute atomic E-state index is 9.87. The average Bonchev–Trinajstić information content (AvgIpc) is 2.13. The highest BCUT2D eigenvalue weighted by atomic mass is 35.5. The first-order chi connectivity index (χ1) is 6.33. The van der Waals surface area contributed by atoms with Crippen molar-refractivity contribution in [3.63, 3.8) is 0 Å². The van der Waals surface area contributed by atoms with Gasteiger partial charge in [-0.1, -0.05) is 17.7 Å². The maximum atomic E-state index is 9.87. The van der Waals surface area contributed by atoms with E-state index in [4.69, 9.17) is 16.3 Å². The topological polar surface area (TPSA) is 51.2 Å². The van der Waals surface area contributed by atoms with Gasteiger partial charge in [0.05, 0.1) is 6.54 Å². The normalized spacial score (nSPS) is 9.31. The van der Waals surface area contributed by atoms with E-state index >= 15 is 0 Å². The summed E-state index contributed by atoms with van der Waals surface area (Å²) in [5.41, 5.74) is 0. The first-order valence-corrected chi connectivity index (χ1v) is 4.13. The van der Waals surface area contributed by atoms with E-state index in [0.29, 0.717) is 30.6 Å². The molecule has 0 bridgehead atoms. The number of hydrogen-bond acceptors (Lipinski definition) is 3. The summed E-state index contributed by atoms with van der Waals surface area (Å²) in [6.07, 6.45) is 0.620. The van der Waals surface area contributed by atoms with Crippen molar-refractivity contribution in [2.24, 2.45) is 0 Å². The second-order valence-corrected chi connectivity index (χ2v) is 2.61. The van der Waals surface area contributed by atoms with Crippen LogP contribution in [-0.4, -0.2) is 24.5 Å². The van der Waals surface area contributed by atoms with Gasteiger partial charge in [0.2, 0.25) is 12.3 Å². The van der Waals surface area contributed by atoms with Gasteiger partial charge in [-0.15, -0.1) is 0 Å². The van der Waals surface area contributed by atoms with Crippen molar-refractivity contribution in [3.8, 4) is 5.88 Å². The average molecular weight is 201 g/mol. The molecule has 0 aliphatic rings. The van der Waals surface area contributed by atoms with Gasteiger partial charge >= 0.3 is 0 Å². The molecule has 13 heavy (non-hydrogen) atoms. The highest BCUT2D eigenvalue weighted by Crippen LogP contribution is 2.10. The van der Waals surface area contributed by atoms with Crippen LogP contribution in [0.4, 0.5) is 0 Å². The highest BCUT2D eigenvalue weighted by molar-refractivity contribution is 6.29. The van der Waals surface area contributed by atoms with Crippen molar-refractivity contribution in [2.45, 2.75) is 0 Å². The number of carbonyl (C=O) groups is 1. The number of nitrogens with one attached hydrogen (secondary N) is 1. The number of nitrogens with zero attached hydrogens (tertiary/aromatic N) is 1. The first kappa shape index (κ1) is 9.80. The van der Waals surface area contributed by atoms with Crippen molar-refractivity contribution in [3.05, 3.63) is 23.4 Å². The van der Waals surface area contributed by atoms with Gasteiger partial charge in [-0.25, -0.2) is 4.98 Å². The molecule has 1 heterocycles. The summed E-state index contributed by atoms with van der Waals surface area (Å²) in [5, 5.41) is 2.86. The molecule has 0 radical (unpaired) electrons. The third-order valence-electron chi connectivity index (χ3n) is 1.27. The summed E-state index contributed by atoms with van der Waals surface area (Å²) in [6, 6.07) is 5.11. The summed E-state index contributed by atoms with van der Waals surface area (Å²) < 4.78 is 5.17. The molecule has 1 aromatic rings. The van der Waals surface area contributed by atoms with Gasteiger partial charge in [-0.2, -0.15) is 0 Å². The van der Waals surface area contributed by atoms with Gasteiger partial charge in [0.15, 0.2) is 0 Å². The summed E-state index contributed by atoms with van der Waals surface area (Å²) in [6.45, 7) is 0.837. The van der Waals surface area contributed by atoms with Crippen LogP contribution in [0.1, 0.15) is 0 Å². The van der Waals surface area contributed by atoms with E-state index in [-0.39, 0.29) is 0 Å². The Labute approximate surface area is 80.9 Å². The van der Waals surface area contributed by atoms with Gasteiger partial charge in [0, 0.05) is 6.07 Å². The van der Waals surface area contributed by atoms with Crippen molar-refractivity contribution >= 4 is 18.0 Å². The Morgan fingerprint density at radius 3 is 3.15 bits per heavy atom. The molecule has 0 unspecified atom stereocenters. The molecule has 1 N–H and O–H groups in total. The molecule has 0 aromatic carbocycles. The van der Waals surface area contributed by atoms with Crippen LogP contribution in [0.5, 0.6) is 5.88 Å². The van der Waals surface area contributed by atoms with Crippen molar-refractivity contribution in [1.82, 2.24) is 10.3 Å². The standard InChI is InChI=1S/C8H9ClN2O2/c9-7-2-1-3-8(11-7)13-5-4-10-6-12/h1-3,6H,4-5H2,(H,10,12). The molecule has 5 heteroatoms. The van der Waals surface area contributed by atoms with E-state index in [1.165, 1.54) is 0 Å². The Balaban J connectivity index is 2.32. The summed E-state index contributed by atoms with van der Waals surface area (Å²) in [5.74, 6) is 0.459. The molecule has 0 aliphatic carbocycles. The summed E-state index contributed by atoms with van der Waals surface area (Å²) >= 11 is 5.62. The minimum Gasteiger partial charge on any atom is -0.476 e. The third kappa shape index (κ3) is 3.75. The van der Waals surface area contributed by atoms with Crippen LogP contribution in [0.2, 0.25) is 5.15 Å². The van der Waals surface area contributed by atoms with Crippen LogP contribution in [-0.2, 0) is 4.79 Å². The molecular weight excluding hydrogens is 192 g/mol. The van der Waals surface area contributed by atoms with Crippen LogP contribution < -0.4 is 10.1 Å². The Morgan fingerprint density at radius 2 is 2.46 bits per heavy atom. The Bertz CT molecular complexity index is 281. The minimum absolute atomic E-state index is 0.381. The summed E-state index contributed by atoms with van der Waals surface area (Å²) in [7, 11) is 0. The lowest BCUT2D eigenvalue weighted by Gasteiger charge is -2.03. The summed E-state index contributed by atoms with van der Waals surface area (Å²) in [4.78, 5) is 13.8. The van der Waals surface area contributed by atoms with E-state index in [2.05, 4.69) is 10.3 Å². The third-order valence-corrected chi connectivity index (χ3v) is 1.48. The van der Waals surface area contributed by atoms with Crippen LogP contribution in [0.25, 0.3) is 0 Å². The fraction of sp³-hybridized carbons (Fsp3) is 0.250. The lowest BCUT2D eigenvalue weighted by Crippen LogP contribution is -2.19. The maximum Gasteiger partial charge on any atom is 0.214 e. The van der Waals surface area contributed by atoms with Gasteiger partial charge < -0.3 is 10.1 Å². The van der Waals surface area contributed by atoms with Crippen LogP contribution in [0, 0.1) is 0 Å². The smallest absolute Gasteiger partial charge is 0.214 e. The Morgan fingerprint density at radius 1 is 1.62 bits per heavy atom. The second-order valence-electron chi connectivity index (χ2n) is 2.22. The number of halogens is 1. The van der Waals surface area contributed by atoms with Crippen molar-refractivity contribution in [2.75, 3.05) is 13.2 Å². The largest absolute Gasteiger partial charge is 0.476 e. The van der Waals surface area contributed by atoms with E-state index in [1.807, 2.05) is 0 Å². The molecule has 0 aliphatic heterocycles. The van der Waals surface area contributed by atoms with Crippen LogP contribution in [0.15, 0.2) is 18.2 Å².